The molecule has 0 radical (unpaired) electrons. The second-order valence-electron chi connectivity index (χ2n) is 25.8. The third-order valence-electron chi connectivity index (χ3n) is 15.9. The highest BCUT2D eigenvalue weighted by molar-refractivity contribution is 5.98. The number of amides is 11. The average Bonchev–Trinajstić information content (AvgIpc) is 1.03. The van der Waals surface area contributed by atoms with Crippen molar-refractivity contribution >= 4 is 88.8 Å². The minimum absolute atomic E-state index is 0. The Labute approximate surface area is 627 Å². The van der Waals surface area contributed by atoms with Gasteiger partial charge in [0.25, 0.3) is 0 Å². The zero-order valence-electron chi connectivity index (χ0n) is 61.4. The van der Waals surface area contributed by atoms with Crippen LogP contribution in [0.15, 0.2) is 51.8 Å². The number of imidazole rings is 1. The van der Waals surface area contributed by atoms with Crippen LogP contribution in [0.3, 0.4) is 0 Å². The molecule has 0 bridgehead atoms. The molecule has 28 N–H and O–H groups in total. The Morgan fingerprint density at radius 2 is 0.880 bits per heavy atom. The second-order valence-corrected chi connectivity index (χ2v) is 25.8. The van der Waals surface area contributed by atoms with Gasteiger partial charge in [-0.05, 0) is 81.9 Å². The molecule has 40 heteroatoms. The largest absolute Gasteiger partial charge is 0.508 e. The number of phenolic OH excluding ortho intramolecular Hbond substituents is 1. The van der Waals surface area contributed by atoms with Crippen LogP contribution in [0.5, 0.6) is 5.75 Å². The molecule has 0 aliphatic heterocycles. The summed E-state index contributed by atoms with van der Waals surface area (Å²) in [5.74, 6) is -12.8. The normalized spacial score (nSPS) is 13.1. The number of rotatable bonds is 53. The van der Waals surface area contributed by atoms with Crippen molar-refractivity contribution in [2.45, 2.75) is 237 Å². The number of aliphatic hydroxyl groups is 1. The Bertz CT molecular complexity index is 3170. The van der Waals surface area contributed by atoms with E-state index in [1.807, 2.05) is 0 Å². The fourth-order valence-electron chi connectivity index (χ4n) is 10.3. The maximum absolute atomic E-state index is 14.5. The fraction of sp³-hybridized carbons (Fsp3) is 0.647. The molecule has 1 aromatic heterocycles. The number of carboxylic acids is 1. The molecule has 108 heavy (non-hydrogen) atoms. The van der Waals surface area contributed by atoms with E-state index in [0.717, 1.165) is 25.7 Å². The minimum Gasteiger partial charge on any atom is -0.508 e. The van der Waals surface area contributed by atoms with E-state index in [1.165, 1.54) is 95.1 Å². The van der Waals surface area contributed by atoms with Gasteiger partial charge in [-0.3, -0.25) is 67.7 Å². The Morgan fingerprint density at radius 3 is 1.31 bits per heavy atom. The van der Waals surface area contributed by atoms with Crippen molar-refractivity contribution in [2.24, 2.45) is 61.0 Å². The number of benzene rings is 1. The van der Waals surface area contributed by atoms with E-state index in [-0.39, 0.29) is 121 Å². The smallest absolute Gasteiger partial charge is 0.490 e. The summed E-state index contributed by atoms with van der Waals surface area (Å²) in [6, 6.07) is -5.18. The Hall–Kier alpha value is -10.6. The molecule has 610 valence electrons. The number of aromatic amines is 1. The molecule has 0 saturated heterocycles. The first-order valence-corrected chi connectivity index (χ1v) is 35.6. The number of aliphatic carboxylic acids is 1. The van der Waals surface area contributed by atoms with Gasteiger partial charge in [0, 0.05) is 50.8 Å². The van der Waals surface area contributed by atoms with Crippen LogP contribution in [-0.2, 0) is 70.4 Å². The van der Waals surface area contributed by atoms with Gasteiger partial charge in [0.2, 0.25) is 65.0 Å². The Balaban J connectivity index is 0.0000136. The van der Waals surface area contributed by atoms with Gasteiger partial charge >= 0.3 is 12.1 Å². The highest BCUT2D eigenvalue weighted by atomic mass is 19.4. The van der Waals surface area contributed by atoms with E-state index in [9.17, 15) is 76.1 Å². The van der Waals surface area contributed by atoms with Gasteiger partial charge in [0.15, 0.2) is 17.9 Å². The number of nitrogens with one attached hydrogen (secondary N) is 11. The summed E-state index contributed by atoms with van der Waals surface area (Å²) in [5.41, 5.74) is 39.3. The maximum Gasteiger partial charge on any atom is 0.490 e. The van der Waals surface area contributed by atoms with Crippen molar-refractivity contribution in [1.29, 1.82) is 0 Å². The van der Waals surface area contributed by atoms with Gasteiger partial charge in [0.05, 0.1) is 26.0 Å². The third-order valence-corrected chi connectivity index (χ3v) is 15.9. The molecular formula is C68H117F3N22O15. The number of unbranched alkanes of at least 4 members (excludes halogenated alkanes) is 12. The molecule has 0 unspecified atom stereocenters. The van der Waals surface area contributed by atoms with Crippen molar-refractivity contribution in [1.82, 2.24) is 63.1 Å². The summed E-state index contributed by atoms with van der Waals surface area (Å²) in [6.07, 6.45) is 12.4. The summed E-state index contributed by atoms with van der Waals surface area (Å²) in [4.78, 5) is 177. The standard InChI is InChI=1S/C65H112N22O13.C2HF3O2.CH4/c1-5-6-7-8-9-10-11-12-13-14-15-16-17-24-52(90)83-51(38-88)58(96)78-36-53(91)81-46(22-19-30-75-64(69)70)59(97)85-47(23-20-31-76-65(71)72)60(98)87-49(33-42-25-27-44(89)28-26-42)57(95)77-37-54(92)82-50(34-43-35-73-39-79-43)61(99)80-41(4)56(94)86-48(32-40(2)3)62(100)84-45(55(66)93)21-18-29-74-63(67)68;3-2(4,5)1(6)7;/h25-28,35,39-41,45-51,88-89H,5-24,29-34,36-38H2,1-4H3,(H2,66,93)(H,73,79)(H,77,95)(H,78,96)(H,80,99)(H,81,91)(H,82,92)(H,83,90)(H,84,100)(H,85,97)(H,86,94)(H,87,98)(H4,67,68,74)(H4,69,70,75)(H4,71,72,76);(H,6,7);1H4/t41-,45-,46-,47-,48-,49-,50-,51-;;/m0../s1. The van der Waals surface area contributed by atoms with Crippen LogP contribution >= 0.6 is 0 Å². The molecule has 0 saturated carbocycles. The number of nitrogens with two attached hydrogens (primary N) is 7. The van der Waals surface area contributed by atoms with Crippen molar-refractivity contribution in [3.63, 3.8) is 0 Å². The van der Waals surface area contributed by atoms with Gasteiger partial charge < -0.3 is 114 Å². The predicted molar refractivity (Wildman–Crippen MR) is 397 cm³/mol. The molecule has 8 atom stereocenters. The quantitative estimate of drug-likeness (QED) is 0.0203. The molecular weight excluding hydrogens is 1420 g/mol. The van der Waals surface area contributed by atoms with E-state index >= 15 is 0 Å². The number of halogens is 3. The van der Waals surface area contributed by atoms with Crippen molar-refractivity contribution in [3.8, 4) is 5.75 Å². The van der Waals surface area contributed by atoms with Crippen molar-refractivity contribution in [2.75, 3.05) is 39.3 Å². The van der Waals surface area contributed by atoms with E-state index in [4.69, 9.17) is 50.0 Å². The number of carboxylic acid groups (broad SMARTS) is 1. The summed E-state index contributed by atoms with van der Waals surface area (Å²) in [5, 5.41) is 52.6. The van der Waals surface area contributed by atoms with E-state index < -0.39 is 145 Å². The lowest BCUT2D eigenvalue weighted by Crippen LogP contribution is -2.59. The van der Waals surface area contributed by atoms with Crippen LogP contribution in [0.25, 0.3) is 0 Å². The molecule has 1 aromatic carbocycles. The number of hydrogen-bond acceptors (Lipinski definition) is 18. The molecule has 11 amide bonds. The number of phenols is 1. The summed E-state index contributed by atoms with van der Waals surface area (Å²) >= 11 is 0. The lowest BCUT2D eigenvalue weighted by Gasteiger charge is -2.26. The van der Waals surface area contributed by atoms with Gasteiger partial charge in [-0.1, -0.05) is 117 Å². The van der Waals surface area contributed by atoms with Crippen LogP contribution in [-0.4, -0.2) is 208 Å². The number of aromatic nitrogens is 2. The van der Waals surface area contributed by atoms with E-state index in [0.29, 0.717) is 17.7 Å². The molecule has 0 aliphatic rings. The number of carbonyl (C=O) groups is 12. The molecule has 2 aromatic rings. The Kier molecular flexibility index (Phi) is 49.6. The van der Waals surface area contributed by atoms with Crippen LogP contribution in [0.4, 0.5) is 13.2 Å². The summed E-state index contributed by atoms with van der Waals surface area (Å²) in [7, 11) is 0. The van der Waals surface area contributed by atoms with Gasteiger partial charge in [0.1, 0.15) is 54.1 Å². The number of aromatic hydroxyl groups is 1. The predicted octanol–water partition coefficient (Wildman–Crippen LogP) is -1.53. The monoisotopic (exact) mass is 1540 g/mol. The van der Waals surface area contributed by atoms with E-state index in [1.54, 1.807) is 13.8 Å². The van der Waals surface area contributed by atoms with Crippen molar-refractivity contribution < 1.29 is 86.0 Å². The number of aliphatic hydroxyl groups excluding tert-OH is 1. The zero-order valence-corrected chi connectivity index (χ0v) is 61.4. The molecule has 0 aliphatic carbocycles. The van der Waals surface area contributed by atoms with E-state index in [2.05, 4.69) is 85.0 Å². The third kappa shape index (κ3) is 45.7. The average molecular weight is 1540 g/mol. The van der Waals surface area contributed by atoms with Gasteiger partial charge in [-0.2, -0.15) is 13.2 Å². The number of guanidine groups is 3. The SMILES string of the molecule is C.CCCCCCCCCCCCCCCC(=O)N[C@@H](CO)C(=O)NCC(=O)N[C@@H](CCCN=C(N)N)C(=O)N[C@@H](CCCN=C(N)N)C(=O)N[C@@H](Cc1ccc(O)cc1)C(=O)NCC(=O)N[C@@H](Cc1cnc[nH]1)C(=O)N[C@@H](C)C(=O)N[C@@H](CC(C)C)C(=O)N[C@@H](CCCN=C(N)N)C(N)=O.O=C(O)C(F)(F)F. The van der Waals surface area contributed by atoms with Crippen LogP contribution in [0.2, 0.25) is 0 Å². The summed E-state index contributed by atoms with van der Waals surface area (Å²) in [6.45, 7) is 5.03. The lowest BCUT2D eigenvalue weighted by atomic mass is 10.0. The maximum atomic E-state index is 14.5. The lowest BCUT2D eigenvalue weighted by molar-refractivity contribution is -0.192. The minimum atomic E-state index is -5.08. The van der Waals surface area contributed by atoms with Crippen LogP contribution < -0.4 is 93.3 Å². The molecule has 0 fully saturated rings. The zero-order chi connectivity index (χ0) is 80.4. The fourth-order valence-corrected chi connectivity index (χ4v) is 10.3. The Morgan fingerprint density at radius 1 is 0.491 bits per heavy atom. The number of alkyl halides is 3. The van der Waals surface area contributed by atoms with Crippen molar-refractivity contribution in [3.05, 3.63) is 48.0 Å². The molecule has 1 heterocycles. The molecule has 37 nitrogen and oxygen atoms in total. The topological polar surface area (TPSA) is 634 Å². The number of aliphatic imine (C=N–C) groups is 3. The molecule has 2 rings (SSSR count). The summed E-state index contributed by atoms with van der Waals surface area (Å²) < 4.78 is 31.7. The highest BCUT2D eigenvalue weighted by Gasteiger charge is 2.38. The number of hydrogen-bond donors (Lipinski definition) is 21. The first-order valence-electron chi connectivity index (χ1n) is 35.6. The van der Waals surface area contributed by atoms with Crippen LogP contribution in [0, 0.1) is 5.92 Å². The number of nitrogens with zero attached hydrogens (tertiary/aromatic N) is 4. The number of H-pyrrole nitrogens is 1. The molecule has 0 spiro atoms. The second kappa shape index (κ2) is 54.9. The highest BCUT2D eigenvalue weighted by Crippen LogP contribution is 2.17. The van der Waals surface area contributed by atoms with Gasteiger partial charge in [-0.15, -0.1) is 0 Å². The van der Waals surface area contributed by atoms with Crippen LogP contribution in [0.1, 0.15) is 181 Å². The first-order chi connectivity index (χ1) is 50.6. The first kappa shape index (κ1) is 97.4. The van der Waals surface area contributed by atoms with Gasteiger partial charge in [-0.25, -0.2) is 9.78 Å². The number of carbonyl (C=O) groups excluding carboxylic acids is 11. The number of primary amides is 1.